The lowest BCUT2D eigenvalue weighted by Gasteiger charge is -2.12. The largest absolute Gasteiger partial charge is 0.469 e. The summed E-state index contributed by atoms with van der Waals surface area (Å²) in [7, 11) is 1.14. The first-order valence-corrected chi connectivity index (χ1v) is 4.58. The highest BCUT2D eigenvalue weighted by Crippen LogP contribution is 2.32. The number of aryl methyl sites for hydroxylation is 1. The summed E-state index contributed by atoms with van der Waals surface area (Å²) in [5, 5.41) is 0. The molecular weight excluding hydrogens is 221 g/mol. The smallest absolute Gasteiger partial charge is 0.416 e. The molecule has 16 heavy (non-hydrogen) atoms. The molecule has 0 saturated carbocycles. The summed E-state index contributed by atoms with van der Waals surface area (Å²) in [5.74, 6) is -0.686. The average molecular weight is 232 g/mol. The third kappa shape index (κ3) is 2.98. The van der Waals surface area contributed by atoms with Crippen molar-refractivity contribution in [3.8, 4) is 0 Å². The van der Waals surface area contributed by atoms with Gasteiger partial charge in [0.05, 0.1) is 19.1 Å². The van der Waals surface area contributed by atoms with E-state index in [2.05, 4.69) is 4.74 Å². The van der Waals surface area contributed by atoms with Gasteiger partial charge in [-0.05, 0) is 18.6 Å². The Kier molecular flexibility index (Phi) is 3.57. The molecule has 0 N–H and O–H groups in total. The molecule has 2 nitrogen and oxygen atoms in total. The number of rotatable bonds is 2. The van der Waals surface area contributed by atoms with E-state index >= 15 is 0 Å². The third-order valence-corrected chi connectivity index (χ3v) is 2.13. The van der Waals surface area contributed by atoms with E-state index in [0.29, 0.717) is 5.56 Å². The van der Waals surface area contributed by atoms with E-state index in [1.54, 1.807) is 6.92 Å². The molecule has 0 spiro atoms. The summed E-state index contributed by atoms with van der Waals surface area (Å²) in [5.41, 5.74) is -0.344. The standard InChI is InChI=1S/C11H11F3O2/c1-7-3-4-8(6-10(15)16-2)9(5-7)11(12,13)14/h3-5H,6H2,1-2H3. The van der Waals surface area contributed by atoms with Crippen LogP contribution in [0.4, 0.5) is 13.2 Å². The van der Waals surface area contributed by atoms with Crippen molar-refractivity contribution in [2.75, 3.05) is 7.11 Å². The Hall–Kier alpha value is -1.52. The quantitative estimate of drug-likeness (QED) is 0.733. The van der Waals surface area contributed by atoms with Gasteiger partial charge in [0.25, 0.3) is 0 Å². The number of alkyl halides is 3. The van der Waals surface area contributed by atoms with Crippen LogP contribution < -0.4 is 0 Å². The topological polar surface area (TPSA) is 26.3 Å². The average Bonchev–Trinajstić information content (AvgIpc) is 2.19. The van der Waals surface area contributed by atoms with Crippen LogP contribution in [0.5, 0.6) is 0 Å². The lowest BCUT2D eigenvalue weighted by molar-refractivity contribution is -0.141. The van der Waals surface area contributed by atoms with Crippen LogP contribution in [-0.4, -0.2) is 13.1 Å². The number of benzene rings is 1. The zero-order valence-corrected chi connectivity index (χ0v) is 8.89. The van der Waals surface area contributed by atoms with Gasteiger partial charge in [-0.2, -0.15) is 13.2 Å². The van der Waals surface area contributed by atoms with Crippen molar-refractivity contribution in [1.29, 1.82) is 0 Å². The second-order valence-corrected chi connectivity index (χ2v) is 3.41. The summed E-state index contributed by atoms with van der Waals surface area (Å²) in [6.45, 7) is 1.57. The van der Waals surface area contributed by atoms with Gasteiger partial charge in [-0.25, -0.2) is 0 Å². The molecule has 0 aliphatic rings. The van der Waals surface area contributed by atoms with E-state index < -0.39 is 17.7 Å². The second kappa shape index (κ2) is 4.55. The number of esters is 1. The van der Waals surface area contributed by atoms with Gasteiger partial charge in [0.1, 0.15) is 0 Å². The van der Waals surface area contributed by atoms with Gasteiger partial charge < -0.3 is 4.74 Å². The molecule has 0 aliphatic carbocycles. The molecule has 0 heterocycles. The Balaban J connectivity index is 3.13. The van der Waals surface area contributed by atoms with E-state index in [4.69, 9.17) is 0 Å². The van der Waals surface area contributed by atoms with Gasteiger partial charge >= 0.3 is 12.1 Å². The zero-order chi connectivity index (χ0) is 12.3. The van der Waals surface area contributed by atoms with Gasteiger partial charge in [-0.15, -0.1) is 0 Å². The van der Waals surface area contributed by atoms with E-state index in [-0.39, 0.29) is 12.0 Å². The molecule has 0 amide bonds. The molecule has 0 aliphatic heterocycles. The van der Waals surface area contributed by atoms with Crippen LogP contribution in [0.15, 0.2) is 18.2 Å². The van der Waals surface area contributed by atoms with Gasteiger partial charge in [0.15, 0.2) is 0 Å². The predicted octanol–water partition coefficient (Wildman–Crippen LogP) is 2.73. The van der Waals surface area contributed by atoms with Crippen LogP contribution >= 0.6 is 0 Å². The molecule has 0 radical (unpaired) electrons. The highest BCUT2D eigenvalue weighted by Gasteiger charge is 2.33. The number of carbonyl (C=O) groups is 1. The van der Waals surface area contributed by atoms with Gasteiger partial charge in [0, 0.05) is 0 Å². The first-order valence-electron chi connectivity index (χ1n) is 4.58. The Morgan fingerprint density at radius 3 is 2.50 bits per heavy atom. The van der Waals surface area contributed by atoms with Gasteiger partial charge in [-0.1, -0.05) is 17.7 Å². The Morgan fingerprint density at radius 1 is 1.38 bits per heavy atom. The van der Waals surface area contributed by atoms with Crippen molar-refractivity contribution in [3.63, 3.8) is 0 Å². The van der Waals surface area contributed by atoms with Crippen molar-refractivity contribution in [3.05, 3.63) is 34.9 Å². The molecular formula is C11H11F3O2. The minimum Gasteiger partial charge on any atom is -0.469 e. The predicted molar refractivity (Wildman–Crippen MR) is 51.9 cm³/mol. The molecule has 0 aromatic heterocycles. The molecule has 1 rings (SSSR count). The van der Waals surface area contributed by atoms with Crippen LogP contribution in [0.2, 0.25) is 0 Å². The molecule has 0 bridgehead atoms. The van der Waals surface area contributed by atoms with Crippen molar-refractivity contribution in [2.24, 2.45) is 0 Å². The summed E-state index contributed by atoms with van der Waals surface area (Å²) >= 11 is 0. The minimum atomic E-state index is -4.45. The van der Waals surface area contributed by atoms with Gasteiger partial charge in [0.2, 0.25) is 0 Å². The first-order chi connectivity index (χ1) is 7.34. The Labute approximate surface area is 91.0 Å². The lowest BCUT2D eigenvalue weighted by atomic mass is 10.0. The molecule has 0 unspecified atom stereocenters. The van der Waals surface area contributed by atoms with E-state index in [1.807, 2.05) is 0 Å². The number of hydrogen-bond acceptors (Lipinski definition) is 2. The summed E-state index contributed by atoms with van der Waals surface area (Å²) in [6.07, 6.45) is -4.82. The normalized spacial score (nSPS) is 11.3. The minimum absolute atomic E-state index is 0.0649. The second-order valence-electron chi connectivity index (χ2n) is 3.41. The molecule has 1 aromatic rings. The van der Waals surface area contributed by atoms with Crippen molar-refractivity contribution in [1.82, 2.24) is 0 Å². The SMILES string of the molecule is COC(=O)Cc1ccc(C)cc1C(F)(F)F. The maximum Gasteiger partial charge on any atom is 0.416 e. The number of methoxy groups -OCH3 is 1. The van der Waals surface area contributed by atoms with Crippen LogP contribution in [0.25, 0.3) is 0 Å². The highest BCUT2D eigenvalue weighted by atomic mass is 19.4. The number of carbonyl (C=O) groups excluding carboxylic acids is 1. The first kappa shape index (κ1) is 12.5. The molecule has 0 atom stereocenters. The Bertz CT molecular complexity index is 397. The van der Waals surface area contributed by atoms with Crippen molar-refractivity contribution < 1.29 is 22.7 Å². The number of halogens is 3. The lowest BCUT2D eigenvalue weighted by Crippen LogP contribution is -2.13. The Morgan fingerprint density at radius 2 is 2.00 bits per heavy atom. The third-order valence-electron chi connectivity index (χ3n) is 2.13. The number of ether oxygens (including phenoxy) is 1. The highest BCUT2D eigenvalue weighted by molar-refractivity contribution is 5.73. The summed E-state index contributed by atoms with van der Waals surface area (Å²) in [6, 6.07) is 3.86. The molecule has 0 fully saturated rings. The fourth-order valence-electron chi connectivity index (χ4n) is 1.34. The zero-order valence-electron chi connectivity index (χ0n) is 8.89. The summed E-state index contributed by atoms with van der Waals surface area (Å²) in [4.78, 5) is 11.0. The van der Waals surface area contributed by atoms with Crippen molar-refractivity contribution >= 4 is 5.97 Å². The van der Waals surface area contributed by atoms with Crippen LogP contribution in [0.3, 0.4) is 0 Å². The van der Waals surface area contributed by atoms with Crippen molar-refractivity contribution in [2.45, 2.75) is 19.5 Å². The van der Waals surface area contributed by atoms with Crippen LogP contribution in [0.1, 0.15) is 16.7 Å². The number of hydrogen-bond donors (Lipinski definition) is 0. The summed E-state index contributed by atoms with van der Waals surface area (Å²) < 4.78 is 42.2. The van der Waals surface area contributed by atoms with Gasteiger partial charge in [-0.3, -0.25) is 4.79 Å². The van der Waals surface area contributed by atoms with E-state index in [1.165, 1.54) is 12.1 Å². The monoisotopic (exact) mass is 232 g/mol. The van der Waals surface area contributed by atoms with E-state index in [9.17, 15) is 18.0 Å². The van der Waals surface area contributed by atoms with E-state index in [0.717, 1.165) is 13.2 Å². The molecule has 1 aromatic carbocycles. The fraction of sp³-hybridized carbons (Fsp3) is 0.364. The maximum absolute atomic E-state index is 12.6. The molecule has 0 saturated heterocycles. The van der Waals surface area contributed by atoms with Crippen LogP contribution in [-0.2, 0) is 22.1 Å². The maximum atomic E-state index is 12.6. The molecule has 88 valence electrons. The molecule has 5 heteroatoms. The van der Waals surface area contributed by atoms with Crippen LogP contribution in [0, 0.1) is 6.92 Å². The fourth-order valence-corrected chi connectivity index (χ4v) is 1.34.